The number of anilines is 1. The van der Waals surface area contributed by atoms with Crippen LogP contribution in [0.2, 0.25) is 0 Å². The number of ketones is 1. The first-order valence-electron chi connectivity index (χ1n) is 9.75. The van der Waals surface area contributed by atoms with Gasteiger partial charge in [-0.2, -0.15) is 5.26 Å². The maximum absolute atomic E-state index is 12.4. The number of nitrogens with one attached hydrogen (secondary N) is 1. The Bertz CT molecular complexity index is 1050. The van der Waals surface area contributed by atoms with Crippen LogP contribution in [0.15, 0.2) is 72.8 Å². The first-order chi connectivity index (χ1) is 14.6. The highest BCUT2D eigenvalue weighted by molar-refractivity contribution is 5.98. The highest BCUT2D eigenvalue weighted by Crippen LogP contribution is 2.23. The molecule has 0 aliphatic rings. The summed E-state index contributed by atoms with van der Waals surface area (Å²) in [5, 5.41) is 11.7. The van der Waals surface area contributed by atoms with Crippen LogP contribution in [-0.4, -0.2) is 18.3 Å². The second-order valence-corrected chi connectivity index (χ2v) is 6.80. The summed E-state index contributed by atoms with van der Waals surface area (Å²) in [5.74, 6) is 0.422. The van der Waals surface area contributed by atoms with Crippen LogP contribution < -0.4 is 10.1 Å². The van der Waals surface area contributed by atoms with E-state index in [2.05, 4.69) is 11.4 Å². The summed E-state index contributed by atoms with van der Waals surface area (Å²) in [4.78, 5) is 24.0. The van der Waals surface area contributed by atoms with Crippen LogP contribution in [0.1, 0.15) is 35.7 Å². The largest absolute Gasteiger partial charge is 0.485 e. The van der Waals surface area contributed by atoms with Gasteiger partial charge in [0, 0.05) is 17.7 Å². The van der Waals surface area contributed by atoms with Crippen molar-refractivity contribution in [2.24, 2.45) is 0 Å². The third kappa shape index (κ3) is 5.55. The monoisotopic (exact) mass is 398 g/mol. The molecule has 1 amide bonds. The number of carbonyl (C=O) groups excluding carboxylic acids is 2. The van der Waals surface area contributed by atoms with E-state index in [1.165, 1.54) is 0 Å². The van der Waals surface area contributed by atoms with Gasteiger partial charge in [0.2, 0.25) is 5.91 Å². The molecule has 5 heteroatoms. The first kappa shape index (κ1) is 20.8. The van der Waals surface area contributed by atoms with Crippen molar-refractivity contribution in [3.8, 4) is 22.9 Å². The van der Waals surface area contributed by atoms with Crippen LogP contribution in [0, 0.1) is 11.3 Å². The number of benzene rings is 3. The number of Topliss-reactive ketones (excluding diaryl/α,β-unsaturated/α-hetero) is 1. The molecule has 3 aromatic carbocycles. The molecule has 0 aliphatic carbocycles. The van der Waals surface area contributed by atoms with Crippen LogP contribution in [0.4, 0.5) is 5.69 Å². The van der Waals surface area contributed by atoms with Gasteiger partial charge in [-0.3, -0.25) is 9.59 Å². The molecule has 0 unspecified atom stereocenters. The fraction of sp³-hybridized carbons (Fsp3) is 0.160. The van der Waals surface area contributed by atoms with Crippen molar-refractivity contribution in [1.29, 1.82) is 5.26 Å². The predicted molar refractivity (Wildman–Crippen MR) is 116 cm³/mol. The number of hydrogen-bond acceptors (Lipinski definition) is 4. The van der Waals surface area contributed by atoms with Crippen LogP contribution >= 0.6 is 0 Å². The molecule has 3 rings (SSSR count). The summed E-state index contributed by atoms with van der Waals surface area (Å²) in [5.41, 5.74) is 3.82. The van der Waals surface area contributed by atoms with Crippen molar-refractivity contribution in [3.63, 3.8) is 0 Å². The molecule has 150 valence electrons. The van der Waals surface area contributed by atoms with Gasteiger partial charge in [-0.05, 0) is 66.1 Å². The maximum Gasteiger partial charge on any atom is 0.224 e. The Labute approximate surface area is 175 Å². The molecule has 0 fully saturated rings. The average molecular weight is 398 g/mol. The average Bonchev–Trinajstić information content (AvgIpc) is 2.78. The fourth-order valence-electron chi connectivity index (χ4n) is 2.90. The lowest BCUT2D eigenvalue weighted by Gasteiger charge is -2.08. The molecule has 0 radical (unpaired) electrons. The van der Waals surface area contributed by atoms with Gasteiger partial charge in [0.15, 0.2) is 12.4 Å². The SMILES string of the molecule is CCCC(=O)Nc1ccc(C(=O)COc2ccc(-c3ccc(C#N)cc3)cc2)cc1. The maximum atomic E-state index is 12.4. The molecule has 30 heavy (non-hydrogen) atoms. The second-order valence-electron chi connectivity index (χ2n) is 6.80. The Morgan fingerprint density at radius 1 is 0.900 bits per heavy atom. The van der Waals surface area contributed by atoms with E-state index in [9.17, 15) is 9.59 Å². The van der Waals surface area contributed by atoms with Gasteiger partial charge in [0.1, 0.15) is 5.75 Å². The molecular formula is C25H22N2O3. The van der Waals surface area contributed by atoms with Gasteiger partial charge in [0.05, 0.1) is 11.6 Å². The van der Waals surface area contributed by atoms with Crippen molar-refractivity contribution in [1.82, 2.24) is 0 Å². The minimum absolute atomic E-state index is 0.0376. The number of carbonyl (C=O) groups is 2. The second kappa shape index (κ2) is 10.0. The summed E-state index contributed by atoms with van der Waals surface area (Å²) in [6, 6.07) is 23.7. The van der Waals surface area contributed by atoms with E-state index in [0.29, 0.717) is 29.0 Å². The Hall–Kier alpha value is -3.91. The van der Waals surface area contributed by atoms with E-state index in [1.54, 1.807) is 36.4 Å². The third-order valence-electron chi connectivity index (χ3n) is 4.54. The molecular weight excluding hydrogens is 376 g/mol. The fourth-order valence-corrected chi connectivity index (χ4v) is 2.90. The van der Waals surface area contributed by atoms with Gasteiger partial charge in [-0.1, -0.05) is 31.2 Å². The molecule has 0 spiro atoms. The van der Waals surface area contributed by atoms with Crippen molar-refractivity contribution >= 4 is 17.4 Å². The van der Waals surface area contributed by atoms with E-state index in [-0.39, 0.29) is 18.3 Å². The van der Waals surface area contributed by atoms with E-state index in [0.717, 1.165) is 17.5 Å². The van der Waals surface area contributed by atoms with E-state index in [4.69, 9.17) is 10.00 Å². The number of ether oxygens (including phenoxy) is 1. The molecule has 5 nitrogen and oxygen atoms in total. The normalized spacial score (nSPS) is 10.1. The van der Waals surface area contributed by atoms with Crippen molar-refractivity contribution in [3.05, 3.63) is 83.9 Å². The highest BCUT2D eigenvalue weighted by atomic mass is 16.5. The molecule has 0 atom stereocenters. The molecule has 0 heterocycles. The first-order valence-corrected chi connectivity index (χ1v) is 9.75. The molecule has 1 N–H and O–H groups in total. The Balaban J connectivity index is 1.55. The van der Waals surface area contributed by atoms with Gasteiger partial charge >= 0.3 is 0 Å². The minimum atomic E-state index is -0.141. The smallest absolute Gasteiger partial charge is 0.224 e. The molecule has 0 aromatic heterocycles. The topological polar surface area (TPSA) is 79.2 Å². The summed E-state index contributed by atoms with van der Waals surface area (Å²) in [6.07, 6.45) is 1.26. The number of rotatable bonds is 8. The molecule has 0 aliphatic heterocycles. The molecule has 0 bridgehead atoms. The number of nitrogens with zero attached hydrogens (tertiary/aromatic N) is 1. The minimum Gasteiger partial charge on any atom is -0.485 e. The van der Waals surface area contributed by atoms with E-state index < -0.39 is 0 Å². The molecule has 0 saturated heterocycles. The van der Waals surface area contributed by atoms with Gasteiger partial charge in [-0.15, -0.1) is 0 Å². The zero-order valence-electron chi connectivity index (χ0n) is 16.7. The van der Waals surface area contributed by atoms with Crippen LogP contribution in [0.5, 0.6) is 5.75 Å². The van der Waals surface area contributed by atoms with E-state index >= 15 is 0 Å². The van der Waals surface area contributed by atoms with Crippen molar-refractivity contribution < 1.29 is 14.3 Å². The zero-order chi connectivity index (χ0) is 21.3. The quantitative estimate of drug-likeness (QED) is 0.527. The standard InChI is InChI=1S/C25H22N2O3/c1-2-3-25(29)27-22-12-8-21(9-13-22)24(28)17-30-23-14-10-20(11-15-23)19-6-4-18(16-26)5-7-19/h4-15H,2-3,17H2,1H3,(H,27,29). The summed E-state index contributed by atoms with van der Waals surface area (Å²) < 4.78 is 5.61. The van der Waals surface area contributed by atoms with Crippen LogP contribution in [-0.2, 0) is 4.79 Å². The highest BCUT2D eigenvalue weighted by Gasteiger charge is 2.08. The predicted octanol–water partition coefficient (Wildman–Crippen LogP) is 5.23. The van der Waals surface area contributed by atoms with Gasteiger partial charge < -0.3 is 10.1 Å². The number of hydrogen-bond donors (Lipinski definition) is 1. The Morgan fingerprint density at radius 2 is 1.50 bits per heavy atom. The summed E-state index contributed by atoms with van der Waals surface area (Å²) in [6.45, 7) is 1.87. The molecule has 0 saturated carbocycles. The Kier molecular flexibility index (Phi) is 6.96. The third-order valence-corrected chi connectivity index (χ3v) is 4.54. The number of amides is 1. The van der Waals surface area contributed by atoms with Crippen molar-refractivity contribution in [2.75, 3.05) is 11.9 Å². The summed E-state index contributed by atoms with van der Waals surface area (Å²) in [7, 11) is 0. The Morgan fingerprint density at radius 3 is 2.07 bits per heavy atom. The van der Waals surface area contributed by atoms with Crippen LogP contribution in [0.3, 0.4) is 0 Å². The van der Waals surface area contributed by atoms with Crippen LogP contribution in [0.25, 0.3) is 11.1 Å². The summed E-state index contributed by atoms with van der Waals surface area (Å²) >= 11 is 0. The lowest BCUT2D eigenvalue weighted by molar-refractivity contribution is -0.116. The molecule has 3 aromatic rings. The lowest BCUT2D eigenvalue weighted by Crippen LogP contribution is -2.13. The van der Waals surface area contributed by atoms with Gasteiger partial charge in [0.25, 0.3) is 0 Å². The lowest BCUT2D eigenvalue weighted by atomic mass is 10.0. The van der Waals surface area contributed by atoms with Gasteiger partial charge in [-0.25, -0.2) is 0 Å². The van der Waals surface area contributed by atoms with Crippen molar-refractivity contribution in [2.45, 2.75) is 19.8 Å². The number of nitriles is 1. The zero-order valence-corrected chi connectivity index (χ0v) is 16.7. The van der Waals surface area contributed by atoms with E-state index in [1.807, 2.05) is 43.3 Å².